The van der Waals surface area contributed by atoms with Crippen molar-refractivity contribution >= 4 is 91.8 Å². The highest BCUT2D eigenvalue weighted by Gasteiger charge is 2.25. The van der Waals surface area contributed by atoms with Gasteiger partial charge in [-0.2, -0.15) is 8.42 Å². The largest absolute Gasteiger partial charge is 0.486 e. The Kier molecular flexibility index (Phi) is 12.8. The van der Waals surface area contributed by atoms with E-state index in [0.29, 0.717) is 0 Å². The normalized spacial score (nSPS) is 11.4. The first-order chi connectivity index (χ1) is 24.5. The van der Waals surface area contributed by atoms with E-state index in [-0.39, 0.29) is 45.0 Å². The Morgan fingerprint density at radius 2 is 1.10 bits per heavy atom. The predicted molar refractivity (Wildman–Crippen MR) is 181 cm³/mol. The number of carbonyl (C=O) groups excluding carboxylic acids is 5. The van der Waals surface area contributed by atoms with Crippen molar-refractivity contribution in [3.8, 4) is 0 Å². The van der Waals surface area contributed by atoms with Gasteiger partial charge in [-0.05, 0) is 30.3 Å². The number of hydrogen-bond donors (Lipinski definition) is 4. The molecule has 0 spiro atoms. The van der Waals surface area contributed by atoms with Crippen molar-refractivity contribution in [1.82, 2.24) is 0 Å². The van der Waals surface area contributed by atoms with Crippen LogP contribution in [0.5, 0.6) is 0 Å². The number of methoxy groups -OCH3 is 5. The first kappa shape index (κ1) is 39.6. The minimum absolute atomic E-state index is 0.0804. The highest BCUT2D eigenvalue weighted by atomic mass is 32.2. The van der Waals surface area contributed by atoms with Crippen LogP contribution in [-0.2, 0) is 38.6 Å². The molecule has 0 saturated heterocycles. The average molecular weight is 743 g/mol. The minimum atomic E-state index is -5.11. The number of anilines is 3. The lowest BCUT2D eigenvalue weighted by atomic mass is 10.1. The van der Waals surface area contributed by atoms with Gasteiger partial charge in [0, 0.05) is 6.92 Å². The first-order valence-electron chi connectivity index (χ1n) is 14.1. The third-order valence-corrected chi connectivity index (χ3v) is 7.49. The van der Waals surface area contributed by atoms with E-state index < -0.39 is 67.5 Å². The summed E-state index contributed by atoms with van der Waals surface area (Å²) in [7, 11) is 0.433. The third-order valence-electron chi connectivity index (χ3n) is 6.60. The Hall–Kier alpha value is -6.81. The van der Waals surface area contributed by atoms with Gasteiger partial charge in [0.15, 0.2) is 6.40 Å². The van der Waals surface area contributed by atoms with Gasteiger partial charge >= 0.3 is 23.9 Å². The fraction of sp³-hybridized carbons (Fsp3) is 0.200. The molecule has 6 N–H and O–H groups in total. The van der Waals surface area contributed by atoms with Crippen LogP contribution < -0.4 is 16.8 Å². The number of aliphatic imine (C=N–C) groups is 1. The highest BCUT2D eigenvalue weighted by molar-refractivity contribution is 7.86. The van der Waals surface area contributed by atoms with Crippen LogP contribution >= 0.6 is 0 Å². The van der Waals surface area contributed by atoms with E-state index in [9.17, 15) is 36.9 Å². The number of hydrogen-bond acceptors (Lipinski definition) is 19. The van der Waals surface area contributed by atoms with Gasteiger partial charge in [-0.25, -0.2) is 24.2 Å². The van der Waals surface area contributed by atoms with Crippen molar-refractivity contribution in [3.63, 3.8) is 0 Å². The number of ether oxygens (including phenoxy) is 5. The number of rotatable bonds is 12. The molecule has 22 heteroatoms. The standard InChI is InChI=1S/C30H30N8O13S/c1-13(39)34-19-8-17(30(43)51-6)21(10-15(19)28(41)49-4)36-38-26-24(31)22(11-23(25(26)32)52(44,45)46)37-35-20-9-14(27(40)48-3)18(33-12-47-2)7-16(20)29(42)50-5/h7-12H,31-32H2,1-6H3,(H,34,39)(H,44,45,46)/b33-12?,37-35+,38-36+. The summed E-state index contributed by atoms with van der Waals surface area (Å²) in [5.74, 6) is -4.39. The molecule has 3 rings (SSSR count). The maximum atomic E-state index is 12.7. The van der Waals surface area contributed by atoms with E-state index in [1.807, 2.05) is 0 Å². The molecule has 0 atom stereocenters. The number of azo groups is 2. The number of nitrogens with zero attached hydrogens (tertiary/aromatic N) is 5. The minimum Gasteiger partial charge on any atom is -0.486 e. The zero-order chi connectivity index (χ0) is 38.9. The summed E-state index contributed by atoms with van der Waals surface area (Å²) in [6.45, 7) is 1.15. The van der Waals surface area contributed by atoms with E-state index in [0.717, 1.165) is 72.1 Å². The number of benzene rings is 3. The number of nitrogens with two attached hydrogens (primary N) is 2. The number of nitrogens with one attached hydrogen (secondary N) is 1. The molecule has 0 aliphatic heterocycles. The van der Waals surface area contributed by atoms with Crippen molar-refractivity contribution in [3.05, 3.63) is 52.6 Å². The highest BCUT2D eigenvalue weighted by Crippen LogP contribution is 2.44. The Bertz CT molecular complexity index is 2170. The van der Waals surface area contributed by atoms with Gasteiger partial charge in [0.05, 0.1) is 80.6 Å². The summed E-state index contributed by atoms with van der Waals surface area (Å²) in [6.07, 6.45) is 0.980. The summed E-state index contributed by atoms with van der Waals surface area (Å²) in [5, 5.41) is 18.1. The van der Waals surface area contributed by atoms with Crippen molar-refractivity contribution in [2.45, 2.75) is 11.8 Å². The lowest BCUT2D eigenvalue weighted by Gasteiger charge is -2.13. The lowest BCUT2D eigenvalue weighted by molar-refractivity contribution is -0.114. The fourth-order valence-corrected chi connectivity index (χ4v) is 4.85. The molecule has 0 bridgehead atoms. The lowest BCUT2D eigenvalue weighted by Crippen LogP contribution is -2.14. The second-order valence-electron chi connectivity index (χ2n) is 9.86. The van der Waals surface area contributed by atoms with Crippen LogP contribution in [-0.4, -0.2) is 84.7 Å². The zero-order valence-electron chi connectivity index (χ0n) is 28.1. The fourth-order valence-electron chi connectivity index (χ4n) is 4.22. The molecule has 0 aliphatic rings. The summed E-state index contributed by atoms with van der Waals surface area (Å²) >= 11 is 0. The van der Waals surface area contributed by atoms with Crippen LogP contribution in [0, 0.1) is 0 Å². The first-order valence-corrected chi connectivity index (χ1v) is 15.5. The topological polar surface area (TPSA) is 312 Å². The van der Waals surface area contributed by atoms with Gasteiger partial charge < -0.3 is 40.5 Å². The predicted octanol–water partition coefficient (Wildman–Crippen LogP) is 4.34. The monoisotopic (exact) mass is 742 g/mol. The second-order valence-corrected chi connectivity index (χ2v) is 11.3. The summed E-state index contributed by atoms with van der Waals surface area (Å²) in [6, 6.07) is 4.99. The van der Waals surface area contributed by atoms with E-state index in [1.165, 1.54) is 7.11 Å². The van der Waals surface area contributed by atoms with Crippen LogP contribution in [0.3, 0.4) is 0 Å². The number of carbonyl (C=O) groups is 5. The number of esters is 4. The molecule has 0 aliphatic carbocycles. The molecule has 21 nitrogen and oxygen atoms in total. The molecule has 0 unspecified atom stereocenters. The molecule has 1 amide bonds. The van der Waals surface area contributed by atoms with E-state index >= 15 is 0 Å². The molecule has 52 heavy (non-hydrogen) atoms. The maximum absolute atomic E-state index is 12.7. The van der Waals surface area contributed by atoms with Crippen molar-refractivity contribution < 1.29 is 60.6 Å². The smallest absolute Gasteiger partial charge is 0.340 e. The molecular weight excluding hydrogens is 712 g/mol. The SMILES string of the molecule is COC=Nc1cc(C(=O)OC)c(/N=N/c2cc(S(=O)(=O)O)c(N)c(/N=N/c3cc(C(=O)OC)c(NC(C)=O)cc3C(=O)OC)c2N)cc1C(=O)OC. The van der Waals surface area contributed by atoms with Crippen LogP contribution in [0.4, 0.5) is 45.5 Å². The zero-order valence-corrected chi connectivity index (χ0v) is 28.9. The molecule has 3 aromatic carbocycles. The molecule has 0 fully saturated rings. The number of amides is 1. The Morgan fingerprint density at radius 1 is 0.654 bits per heavy atom. The number of nitrogen functional groups attached to an aromatic ring is 2. The van der Waals surface area contributed by atoms with Crippen LogP contribution in [0.2, 0.25) is 0 Å². The Morgan fingerprint density at radius 3 is 1.60 bits per heavy atom. The van der Waals surface area contributed by atoms with Gasteiger partial charge in [-0.15, -0.1) is 20.5 Å². The Balaban J connectivity index is 2.34. The van der Waals surface area contributed by atoms with Gasteiger partial charge in [0.25, 0.3) is 10.1 Å². The van der Waals surface area contributed by atoms with Crippen LogP contribution in [0.15, 0.2) is 60.7 Å². The quantitative estimate of drug-likeness (QED) is 0.0381. The Labute approximate surface area is 294 Å². The third kappa shape index (κ3) is 8.85. The summed E-state index contributed by atoms with van der Waals surface area (Å²) in [5.41, 5.74) is 7.97. The molecule has 0 aromatic heterocycles. The maximum Gasteiger partial charge on any atom is 0.340 e. The van der Waals surface area contributed by atoms with Crippen molar-refractivity contribution in [2.24, 2.45) is 25.4 Å². The van der Waals surface area contributed by atoms with Crippen LogP contribution in [0.25, 0.3) is 0 Å². The molecule has 0 radical (unpaired) electrons. The van der Waals surface area contributed by atoms with Crippen molar-refractivity contribution in [1.29, 1.82) is 0 Å². The van der Waals surface area contributed by atoms with Crippen LogP contribution in [0.1, 0.15) is 48.4 Å². The average Bonchev–Trinajstić information content (AvgIpc) is 3.11. The van der Waals surface area contributed by atoms with Crippen molar-refractivity contribution in [2.75, 3.05) is 52.3 Å². The summed E-state index contributed by atoms with van der Waals surface area (Å²) in [4.78, 5) is 65.2. The van der Waals surface area contributed by atoms with E-state index in [2.05, 4.69) is 30.8 Å². The summed E-state index contributed by atoms with van der Waals surface area (Å²) < 4.78 is 58.5. The van der Waals surface area contributed by atoms with Gasteiger partial charge in [0.2, 0.25) is 5.91 Å². The molecular formula is C30H30N8O13S. The molecule has 274 valence electrons. The van der Waals surface area contributed by atoms with Gasteiger partial charge in [-0.3, -0.25) is 9.35 Å². The van der Waals surface area contributed by atoms with Gasteiger partial charge in [0.1, 0.15) is 27.6 Å². The van der Waals surface area contributed by atoms with E-state index in [1.54, 1.807) is 0 Å². The second kappa shape index (κ2) is 16.7. The van der Waals surface area contributed by atoms with E-state index in [4.69, 9.17) is 35.2 Å². The molecule has 0 heterocycles. The molecule has 0 saturated carbocycles. The van der Waals surface area contributed by atoms with Gasteiger partial charge in [-0.1, -0.05) is 0 Å². The molecule has 3 aromatic rings.